The van der Waals surface area contributed by atoms with E-state index in [9.17, 15) is 4.79 Å². The minimum atomic E-state index is -0.226. The lowest BCUT2D eigenvalue weighted by molar-refractivity contribution is 0.102. The van der Waals surface area contributed by atoms with E-state index in [0.717, 1.165) is 49.4 Å². The fourth-order valence-corrected chi connectivity index (χ4v) is 4.61. The molecule has 9 nitrogen and oxygen atoms in total. The SMILES string of the molecule is CCC1CNCCN1Cc1ccc(C(=O)Nc2nccc(C)c2Nc2nccc(-c3cccnc3)n2)cc1. The predicted molar refractivity (Wildman–Crippen MR) is 149 cm³/mol. The molecule has 1 atom stereocenters. The molecule has 0 saturated carbocycles. The Kier molecular flexibility index (Phi) is 7.96. The van der Waals surface area contributed by atoms with Crippen molar-refractivity contribution in [2.45, 2.75) is 32.9 Å². The van der Waals surface area contributed by atoms with Crippen molar-refractivity contribution < 1.29 is 4.79 Å². The molecule has 5 rings (SSSR count). The highest BCUT2D eigenvalue weighted by molar-refractivity contribution is 6.05. The summed E-state index contributed by atoms with van der Waals surface area (Å²) in [6.07, 6.45) is 7.95. The van der Waals surface area contributed by atoms with Crippen molar-refractivity contribution in [1.82, 2.24) is 30.2 Å². The van der Waals surface area contributed by atoms with Crippen LogP contribution >= 0.6 is 0 Å². The third-order valence-corrected chi connectivity index (χ3v) is 6.79. The summed E-state index contributed by atoms with van der Waals surface area (Å²) in [5.74, 6) is 0.595. The van der Waals surface area contributed by atoms with E-state index in [1.807, 2.05) is 55.5 Å². The Hall–Kier alpha value is -4.21. The van der Waals surface area contributed by atoms with Crippen molar-refractivity contribution in [3.63, 3.8) is 0 Å². The highest BCUT2D eigenvalue weighted by Crippen LogP contribution is 2.27. The highest BCUT2D eigenvalue weighted by Gasteiger charge is 2.20. The first-order chi connectivity index (χ1) is 18.6. The molecule has 1 unspecified atom stereocenters. The molecule has 0 bridgehead atoms. The van der Waals surface area contributed by atoms with Gasteiger partial charge in [-0.25, -0.2) is 15.0 Å². The number of aromatic nitrogens is 4. The van der Waals surface area contributed by atoms with Crippen LogP contribution in [0.4, 0.5) is 17.5 Å². The summed E-state index contributed by atoms with van der Waals surface area (Å²) in [5, 5.41) is 9.66. The fraction of sp³-hybridized carbons (Fsp3) is 0.276. The van der Waals surface area contributed by atoms with Crippen LogP contribution in [0.15, 0.2) is 73.3 Å². The van der Waals surface area contributed by atoms with Crippen LogP contribution < -0.4 is 16.0 Å². The minimum Gasteiger partial charge on any atom is -0.321 e. The van der Waals surface area contributed by atoms with Crippen LogP contribution in [-0.4, -0.2) is 56.4 Å². The monoisotopic (exact) mass is 508 g/mol. The van der Waals surface area contributed by atoms with Gasteiger partial charge in [0.25, 0.3) is 5.91 Å². The number of rotatable bonds is 8. The van der Waals surface area contributed by atoms with Crippen molar-refractivity contribution in [1.29, 1.82) is 0 Å². The lowest BCUT2D eigenvalue weighted by Gasteiger charge is -2.35. The quantitative estimate of drug-likeness (QED) is 0.321. The van der Waals surface area contributed by atoms with Crippen molar-refractivity contribution in [3.05, 3.63) is 90.0 Å². The molecule has 4 heterocycles. The summed E-state index contributed by atoms with van der Waals surface area (Å²) < 4.78 is 0. The van der Waals surface area contributed by atoms with E-state index in [-0.39, 0.29) is 5.91 Å². The maximum absolute atomic E-state index is 13.1. The van der Waals surface area contributed by atoms with Crippen LogP contribution in [0.3, 0.4) is 0 Å². The Morgan fingerprint density at radius 3 is 2.71 bits per heavy atom. The zero-order chi connectivity index (χ0) is 26.3. The first-order valence-electron chi connectivity index (χ1n) is 12.9. The number of benzene rings is 1. The van der Waals surface area contributed by atoms with Gasteiger partial charge < -0.3 is 16.0 Å². The number of carbonyl (C=O) groups excluding carboxylic acids is 1. The number of piperazine rings is 1. The van der Waals surface area contributed by atoms with Crippen molar-refractivity contribution in [3.8, 4) is 11.3 Å². The fourth-order valence-electron chi connectivity index (χ4n) is 4.61. The largest absolute Gasteiger partial charge is 0.321 e. The van der Waals surface area contributed by atoms with Crippen LogP contribution in [0.25, 0.3) is 11.3 Å². The number of carbonyl (C=O) groups is 1. The Labute approximate surface area is 222 Å². The molecule has 9 heteroatoms. The number of nitrogens with one attached hydrogen (secondary N) is 3. The summed E-state index contributed by atoms with van der Waals surface area (Å²) in [4.78, 5) is 33.2. The van der Waals surface area contributed by atoms with E-state index in [4.69, 9.17) is 0 Å². The highest BCUT2D eigenvalue weighted by atomic mass is 16.1. The number of hydrogen-bond acceptors (Lipinski definition) is 8. The van der Waals surface area contributed by atoms with Crippen molar-refractivity contribution in [2.75, 3.05) is 30.3 Å². The van der Waals surface area contributed by atoms with Gasteiger partial charge in [-0.05, 0) is 60.9 Å². The van der Waals surface area contributed by atoms with Gasteiger partial charge in [0.2, 0.25) is 5.95 Å². The Morgan fingerprint density at radius 2 is 1.92 bits per heavy atom. The molecule has 1 amide bonds. The maximum Gasteiger partial charge on any atom is 0.256 e. The van der Waals surface area contributed by atoms with E-state index < -0.39 is 0 Å². The zero-order valence-electron chi connectivity index (χ0n) is 21.7. The van der Waals surface area contributed by atoms with Gasteiger partial charge >= 0.3 is 0 Å². The number of hydrogen-bond donors (Lipinski definition) is 3. The van der Waals surface area contributed by atoms with Gasteiger partial charge in [-0.15, -0.1) is 0 Å². The smallest absolute Gasteiger partial charge is 0.256 e. The first-order valence-corrected chi connectivity index (χ1v) is 12.9. The summed E-state index contributed by atoms with van der Waals surface area (Å²) >= 11 is 0. The number of anilines is 3. The first kappa shape index (κ1) is 25.4. The van der Waals surface area contributed by atoms with E-state index in [1.54, 1.807) is 24.8 Å². The molecule has 4 aromatic rings. The van der Waals surface area contributed by atoms with Gasteiger partial charge in [-0.1, -0.05) is 19.1 Å². The number of pyridine rings is 2. The Balaban J connectivity index is 1.29. The molecule has 194 valence electrons. The van der Waals surface area contributed by atoms with Gasteiger partial charge in [0.1, 0.15) is 0 Å². The second kappa shape index (κ2) is 11.9. The lowest BCUT2D eigenvalue weighted by atomic mass is 10.1. The second-order valence-corrected chi connectivity index (χ2v) is 9.37. The number of nitrogens with zero attached hydrogens (tertiary/aromatic N) is 5. The molecule has 1 aliphatic heterocycles. The summed E-state index contributed by atoms with van der Waals surface area (Å²) in [7, 11) is 0. The molecule has 0 aliphatic carbocycles. The van der Waals surface area contributed by atoms with Crippen LogP contribution in [0.5, 0.6) is 0 Å². The molecule has 1 aromatic carbocycles. The van der Waals surface area contributed by atoms with Gasteiger partial charge in [0.05, 0.1) is 11.4 Å². The van der Waals surface area contributed by atoms with Crippen LogP contribution in [-0.2, 0) is 6.54 Å². The molecule has 1 aliphatic rings. The Morgan fingerprint density at radius 1 is 1.08 bits per heavy atom. The summed E-state index contributed by atoms with van der Waals surface area (Å²) in [6.45, 7) is 8.12. The predicted octanol–water partition coefficient (Wildman–Crippen LogP) is 4.42. The standard InChI is InChI=1S/C29H32N8O/c1-3-24-18-31-15-16-37(24)19-21-6-8-22(9-7-21)28(38)36-27-26(20(2)10-13-32-27)35-29-33-14-11-25(34-29)23-5-4-12-30-17-23/h4-14,17,24,31H,3,15-16,18-19H2,1-2H3,(H,32,36,38)(H,33,34,35). The van der Waals surface area contributed by atoms with E-state index in [2.05, 4.69) is 47.7 Å². The van der Waals surface area contributed by atoms with Crippen molar-refractivity contribution in [2.24, 2.45) is 0 Å². The van der Waals surface area contributed by atoms with Gasteiger partial charge in [0.15, 0.2) is 5.82 Å². The summed E-state index contributed by atoms with van der Waals surface area (Å²) in [6, 6.07) is 15.9. The topological polar surface area (TPSA) is 108 Å². The van der Waals surface area contributed by atoms with E-state index in [1.165, 1.54) is 5.56 Å². The average Bonchev–Trinajstić information content (AvgIpc) is 2.96. The molecule has 3 aromatic heterocycles. The third kappa shape index (κ3) is 6.01. The normalized spacial score (nSPS) is 15.7. The van der Waals surface area contributed by atoms with E-state index >= 15 is 0 Å². The second-order valence-electron chi connectivity index (χ2n) is 9.37. The van der Waals surface area contributed by atoms with Crippen molar-refractivity contribution >= 4 is 23.4 Å². The maximum atomic E-state index is 13.1. The molecule has 1 fully saturated rings. The molecular weight excluding hydrogens is 476 g/mol. The van der Waals surface area contributed by atoms with Crippen LogP contribution in [0, 0.1) is 6.92 Å². The minimum absolute atomic E-state index is 0.226. The lowest BCUT2D eigenvalue weighted by Crippen LogP contribution is -2.50. The molecule has 0 spiro atoms. The van der Waals surface area contributed by atoms with Crippen LogP contribution in [0.2, 0.25) is 0 Å². The third-order valence-electron chi connectivity index (χ3n) is 6.79. The summed E-state index contributed by atoms with van der Waals surface area (Å²) in [5.41, 5.74) is 4.95. The van der Waals surface area contributed by atoms with E-state index in [0.29, 0.717) is 29.1 Å². The zero-order valence-corrected chi connectivity index (χ0v) is 21.7. The average molecular weight is 509 g/mol. The van der Waals surface area contributed by atoms with Gasteiger partial charge in [-0.2, -0.15) is 0 Å². The molecule has 3 N–H and O–H groups in total. The number of amides is 1. The molecular formula is C29H32N8O. The molecule has 1 saturated heterocycles. The molecule has 38 heavy (non-hydrogen) atoms. The van der Waals surface area contributed by atoms with Crippen LogP contribution in [0.1, 0.15) is 34.8 Å². The number of aryl methyl sites for hydroxylation is 1. The van der Waals surface area contributed by atoms with Gasteiger partial charge in [0, 0.05) is 68.1 Å². The molecule has 0 radical (unpaired) electrons. The van der Waals surface area contributed by atoms with Gasteiger partial charge in [-0.3, -0.25) is 14.7 Å². The Bertz CT molecular complexity index is 1380.